The average molecular weight is 429 g/mol. The molecule has 0 aliphatic heterocycles. The molecule has 3 aromatic carbocycles. The highest BCUT2D eigenvalue weighted by atomic mass is 19.4. The van der Waals surface area contributed by atoms with Crippen molar-refractivity contribution >= 4 is 12.1 Å². The first-order valence-electron chi connectivity index (χ1n) is 9.23. The number of ether oxygens (including phenoxy) is 1. The number of hydrogen-bond acceptors (Lipinski definition) is 3. The van der Waals surface area contributed by atoms with Crippen molar-refractivity contribution in [3.8, 4) is 11.1 Å². The van der Waals surface area contributed by atoms with E-state index in [4.69, 9.17) is 4.74 Å². The van der Waals surface area contributed by atoms with Crippen LogP contribution in [0.2, 0.25) is 0 Å². The Kier molecular flexibility index (Phi) is 6.59. The molecule has 1 amide bonds. The third-order valence-corrected chi connectivity index (χ3v) is 4.54. The minimum absolute atomic E-state index is 0.0793. The van der Waals surface area contributed by atoms with Crippen LogP contribution in [0.1, 0.15) is 27.0 Å². The second kappa shape index (κ2) is 9.34. The molecule has 0 bridgehead atoms. The molecule has 0 saturated heterocycles. The van der Waals surface area contributed by atoms with E-state index in [0.29, 0.717) is 22.3 Å². The first-order chi connectivity index (χ1) is 14.8. The number of hydrogen-bond donors (Lipinski definition) is 2. The molecule has 0 radical (unpaired) electrons. The Bertz CT molecular complexity index is 1080. The number of carboxylic acid groups (broad SMARTS) is 1. The molecule has 0 aromatic heterocycles. The Morgan fingerprint density at radius 2 is 1.48 bits per heavy atom. The minimum atomic E-state index is -4.43. The summed E-state index contributed by atoms with van der Waals surface area (Å²) in [6, 6.07) is 17.9. The van der Waals surface area contributed by atoms with Crippen molar-refractivity contribution in [2.45, 2.75) is 19.3 Å². The van der Waals surface area contributed by atoms with E-state index in [-0.39, 0.29) is 18.7 Å². The van der Waals surface area contributed by atoms with Gasteiger partial charge >= 0.3 is 18.2 Å². The number of benzene rings is 3. The molecule has 3 aromatic rings. The van der Waals surface area contributed by atoms with Gasteiger partial charge in [-0.3, -0.25) is 0 Å². The van der Waals surface area contributed by atoms with Gasteiger partial charge in [0.05, 0.1) is 11.1 Å². The molecule has 31 heavy (non-hydrogen) atoms. The number of aromatic carboxylic acids is 1. The molecular formula is C23H18F3NO4. The highest BCUT2D eigenvalue weighted by molar-refractivity contribution is 5.96. The van der Waals surface area contributed by atoms with E-state index in [1.54, 1.807) is 42.5 Å². The van der Waals surface area contributed by atoms with E-state index in [9.17, 15) is 27.9 Å². The van der Waals surface area contributed by atoms with Crippen molar-refractivity contribution in [2.75, 3.05) is 0 Å². The summed E-state index contributed by atoms with van der Waals surface area (Å²) in [5.41, 5.74) is 1.63. The second-order valence-electron chi connectivity index (χ2n) is 6.63. The van der Waals surface area contributed by atoms with E-state index >= 15 is 0 Å². The maximum Gasteiger partial charge on any atom is 0.416 e. The first kappa shape index (κ1) is 21.9. The number of amides is 1. The Balaban J connectivity index is 1.63. The molecule has 0 heterocycles. The topological polar surface area (TPSA) is 75.6 Å². The van der Waals surface area contributed by atoms with Gasteiger partial charge < -0.3 is 15.2 Å². The fourth-order valence-electron chi connectivity index (χ4n) is 3.00. The number of nitrogens with one attached hydrogen (secondary N) is 1. The van der Waals surface area contributed by atoms with Crippen LogP contribution in [0.4, 0.5) is 18.0 Å². The van der Waals surface area contributed by atoms with Crippen LogP contribution in [0.5, 0.6) is 0 Å². The third-order valence-electron chi connectivity index (χ3n) is 4.54. The van der Waals surface area contributed by atoms with Gasteiger partial charge in [-0.05, 0) is 40.5 Å². The highest BCUT2D eigenvalue weighted by Gasteiger charge is 2.29. The predicted molar refractivity (Wildman–Crippen MR) is 107 cm³/mol. The third kappa shape index (κ3) is 5.63. The van der Waals surface area contributed by atoms with Gasteiger partial charge in [-0.2, -0.15) is 13.2 Å². The maximum absolute atomic E-state index is 12.6. The molecular weight excluding hydrogens is 411 g/mol. The number of carbonyl (C=O) groups is 2. The lowest BCUT2D eigenvalue weighted by Crippen LogP contribution is -2.24. The van der Waals surface area contributed by atoms with Gasteiger partial charge in [0, 0.05) is 6.54 Å². The molecule has 0 fully saturated rings. The largest absolute Gasteiger partial charge is 0.478 e. The zero-order valence-corrected chi connectivity index (χ0v) is 16.1. The van der Waals surface area contributed by atoms with Crippen LogP contribution in [0, 0.1) is 0 Å². The van der Waals surface area contributed by atoms with Gasteiger partial charge in [-0.15, -0.1) is 0 Å². The SMILES string of the molecule is O=C(NCc1ccccc1-c1ccccc1C(=O)O)OCc1ccc(C(F)(F)F)cc1. The summed E-state index contributed by atoms with van der Waals surface area (Å²) >= 11 is 0. The van der Waals surface area contributed by atoms with Crippen LogP contribution < -0.4 is 5.32 Å². The Hall–Kier alpha value is -3.81. The number of rotatable bonds is 6. The van der Waals surface area contributed by atoms with Crippen LogP contribution in [0.15, 0.2) is 72.8 Å². The van der Waals surface area contributed by atoms with Gasteiger partial charge in [-0.25, -0.2) is 9.59 Å². The summed E-state index contributed by atoms with van der Waals surface area (Å²) in [6.07, 6.45) is -5.18. The van der Waals surface area contributed by atoms with E-state index in [1.807, 2.05) is 0 Å². The lowest BCUT2D eigenvalue weighted by atomic mass is 9.95. The summed E-state index contributed by atoms with van der Waals surface area (Å²) in [6.45, 7) is -0.108. The first-order valence-corrected chi connectivity index (χ1v) is 9.23. The van der Waals surface area contributed by atoms with Crippen molar-refractivity contribution in [2.24, 2.45) is 0 Å². The molecule has 0 saturated carbocycles. The quantitative estimate of drug-likeness (QED) is 0.543. The Morgan fingerprint density at radius 3 is 2.13 bits per heavy atom. The summed E-state index contributed by atoms with van der Waals surface area (Å²) in [7, 11) is 0. The molecule has 0 aliphatic rings. The van der Waals surface area contributed by atoms with Crippen LogP contribution in [-0.4, -0.2) is 17.2 Å². The van der Waals surface area contributed by atoms with Gasteiger partial charge in [0.2, 0.25) is 0 Å². The predicted octanol–water partition coefficient (Wildman–Crippen LogP) is 5.50. The molecule has 0 atom stereocenters. The van der Waals surface area contributed by atoms with Crippen molar-refractivity contribution in [3.05, 3.63) is 95.1 Å². The number of carbonyl (C=O) groups excluding carboxylic acids is 1. The fourth-order valence-corrected chi connectivity index (χ4v) is 3.00. The van der Waals surface area contributed by atoms with Gasteiger partial charge in [0.15, 0.2) is 0 Å². The fraction of sp³-hybridized carbons (Fsp3) is 0.130. The van der Waals surface area contributed by atoms with Crippen LogP contribution >= 0.6 is 0 Å². The van der Waals surface area contributed by atoms with Gasteiger partial charge in [-0.1, -0.05) is 54.6 Å². The van der Waals surface area contributed by atoms with E-state index in [0.717, 1.165) is 12.1 Å². The maximum atomic E-state index is 12.6. The number of alkyl halides is 3. The molecule has 0 aliphatic carbocycles. The van der Waals surface area contributed by atoms with Crippen LogP contribution in [0.3, 0.4) is 0 Å². The van der Waals surface area contributed by atoms with Gasteiger partial charge in [0.1, 0.15) is 6.61 Å². The van der Waals surface area contributed by atoms with Crippen molar-refractivity contribution < 1.29 is 32.6 Å². The van der Waals surface area contributed by atoms with E-state index < -0.39 is 23.8 Å². The van der Waals surface area contributed by atoms with E-state index in [1.165, 1.54) is 18.2 Å². The summed E-state index contributed by atoms with van der Waals surface area (Å²) < 4.78 is 42.8. The summed E-state index contributed by atoms with van der Waals surface area (Å²) in [5.74, 6) is -1.06. The van der Waals surface area contributed by atoms with Crippen molar-refractivity contribution in [3.63, 3.8) is 0 Å². The van der Waals surface area contributed by atoms with Gasteiger partial charge in [0.25, 0.3) is 0 Å². The lowest BCUT2D eigenvalue weighted by Gasteiger charge is -2.13. The van der Waals surface area contributed by atoms with Crippen LogP contribution in [0.25, 0.3) is 11.1 Å². The smallest absolute Gasteiger partial charge is 0.416 e. The minimum Gasteiger partial charge on any atom is -0.478 e. The molecule has 8 heteroatoms. The van der Waals surface area contributed by atoms with Crippen molar-refractivity contribution in [1.29, 1.82) is 0 Å². The number of carboxylic acids is 1. The van der Waals surface area contributed by atoms with Crippen LogP contribution in [-0.2, 0) is 24.1 Å². The Morgan fingerprint density at radius 1 is 0.871 bits per heavy atom. The normalized spacial score (nSPS) is 11.1. The van der Waals surface area contributed by atoms with E-state index in [2.05, 4.69) is 5.32 Å². The monoisotopic (exact) mass is 429 g/mol. The zero-order valence-electron chi connectivity index (χ0n) is 16.1. The Labute approximate surface area is 176 Å². The number of halogens is 3. The summed E-state index contributed by atoms with van der Waals surface area (Å²) in [5, 5.41) is 12.0. The zero-order chi connectivity index (χ0) is 22.4. The molecule has 160 valence electrons. The second-order valence-corrected chi connectivity index (χ2v) is 6.63. The summed E-state index contributed by atoms with van der Waals surface area (Å²) in [4.78, 5) is 23.5. The average Bonchev–Trinajstić information content (AvgIpc) is 2.76. The molecule has 5 nitrogen and oxygen atoms in total. The molecule has 0 unspecified atom stereocenters. The molecule has 0 spiro atoms. The standard InChI is InChI=1S/C23H18F3NO4/c24-23(25,26)17-11-9-15(10-12-17)14-31-22(30)27-13-16-5-1-2-6-18(16)19-7-3-4-8-20(19)21(28)29/h1-12H,13-14H2,(H,27,30)(H,28,29). The lowest BCUT2D eigenvalue weighted by molar-refractivity contribution is -0.137. The molecule has 2 N–H and O–H groups in total. The van der Waals surface area contributed by atoms with Crippen molar-refractivity contribution in [1.82, 2.24) is 5.32 Å². The molecule has 3 rings (SSSR count). The number of alkyl carbamates (subject to hydrolysis) is 1. The highest BCUT2D eigenvalue weighted by Crippen LogP contribution is 2.29.